The minimum atomic E-state index is -0.0533. The van der Waals surface area contributed by atoms with Gasteiger partial charge in [-0.25, -0.2) is 0 Å². The summed E-state index contributed by atoms with van der Waals surface area (Å²) < 4.78 is 0. The summed E-state index contributed by atoms with van der Waals surface area (Å²) >= 11 is 6.07. The number of benzene rings is 2. The van der Waals surface area contributed by atoms with E-state index in [9.17, 15) is 0 Å². The average molecular weight is 244 g/mol. The molecule has 1 aliphatic rings. The van der Waals surface area contributed by atoms with E-state index in [1.54, 1.807) is 0 Å². The molecule has 0 saturated carbocycles. The summed E-state index contributed by atoms with van der Waals surface area (Å²) in [6.07, 6.45) is 2.09. The molecule has 86 valence electrons. The van der Waals surface area contributed by atoms with E-state index in [-0.39, 0.29) is 6.04 Å². The number of fused-ring (bicyclic) bond motifs is 2. The summed E-state index contributed by atoms with van der Waals surface area (Å²) in [6, 6.07) is 14.4. The number of halogens is 1. The minimum absolute atomic E-state index is 0.0533. The summed E-state index contributed by atoms with van der Waals surface area (Å²) in [4.78, 5) is 0. The van der Waals surface area contributed by atoms with Crippen molar-refractivity contribution in [2.24, 2.45) is 5.73 Å². The Bertz CT molecular complexity index is 563. The lowest BCUT2D eigenvalue weighted by Gasteiger charge is -2.15. The topological polar surface area (TPSA) is 26.0 Å². The number of hydrogen-bond donors (Lipinski definition) is 1. The summed E-state index contributed by atoms with van der Waals surface area (Å²) in [7, 11) is 0. The van der Waals surface area contributed by atoms with Crippen molar-refractivity contribution in [3.05, 3.63) is 69.7 Å². The Kier molecular flexibility index (Phi) is 2.65. The molecule has 0 aliphatic heterocycles. The second-order valence-electron chi connectivity index (χ2n) is 4.52. The average Bonchev–Trinajstić information content (AvgIpc) is 2.49. The first-order valence-electron chi connectivity index (χ1n) is 5.87. The van der Waals surface area contributed by atoms with E-state index in [2.05, 4.69) is 24.3 Å². The minimum Gasteiger partial charge on any atom is -0.320 e. The Labute approximate surface area is 106 Å². The Morgan fingerprint density at radius 1 is 0.941 bits per heavy atom. The van der Waals surface area contributed by atoms with E-state index in [0.717, 1.165) is 17.9 Å². The van der Waals surface area contributed by atoms with Crippen molar-refractivity contribution < 1.29 is 0 Å². The third-order valence-corrected chi connectivity index (χ3v) is 3.73. The third-order valence-electron chi connectivity index (χ3n) is 3.50. The molecule has 1 nitrogen and oxygen atoms in total. The zero-order valence-electron chi connectivity index (χ0n) is 9.49. The number of aryl methyl sites for hydroxylation is 2. The fraction of sp³-hybridized carbons (Fsp3) is 0.200. The first-order valence-corrected chi connectivity index (χ1v) is 6.25. The molecule has 0 saturated heterocycles. The lowest BCUT2D eigenvalue weighted by Crippen LogP contribution is -2.13. The summed E-state index contributed by atoms with van der Waals surface area (Å²) in [5.74, 6) is 0. The monoisotopic (exact) mass is 243 g/mol. The van der Waals surface area contributed by atoms with Crippen molar-refractivity contribution in [2.45, 2.75) is 18.9 Å². The summed E-state index contributed by atoms with van der Waals surface area (Å²) in [5, 5.41) is 0.763. The van der Waals surface area contributed by atoms with Gasteiger partial charge in [0.25, 0.3) is 0 Å². The molecule has 0 amide bonds. The predicted octanol–water partition coefficient (Wildman–Crippen LogP) is 3.49. The van der Waals surface area contributed by atoms with Gasteiger partial charge in [-0.1, -0.05) is 41.9 Å². The molecule has 3 rings (SSSR count). The van der Waals surface area contributed by atoms with Crippen LogP contribution in [-0.4, -0.2) is 0 Å². The first kappa shape index (κ1) is 10.8. The smallest absolute Gasteiger partial charge is 0.0557 e. The van der Waals surface area contributed by atoms with Crippen LogP contribution in [0, 0.1) is 0 Å². The highest BCUT2D eigenvalue weighted by Crippen LogP contribution is 2.32. The quantitative estimate of drug-likeness (QED) is 0.753. The standard InChI is InChI=1S/C15H14ClN/c16-12-8-7-11-6-5-10-3-1-2-4-13(10)15(17)14(11)9-12/h1-4,7-9,15H,5-6,17H2. The second kappa shape index (κ2) is 4.17. The van der Waals surface area contributed by atoms with Crippen LogP contribution in [0.25, 0.3) is 0 Å². The van der Waals surface area contributed by atoms with E-state index in [0.29, 0.717) is 0 Å². The van der Waals surface area contributed by atoms with Crippen LogP contribution in [-0.2, 0) is 12.8 Å². The Morgan fingerprint density at radius 2 is 1.65 bits per heavy atom. The van der Waals surface area contributed by atoms with Gasteiger partial charge in [-0.05, 0) is 47.2 Å². The first-order chi connectivity index (χ1) is 8.25. The number of rotatable bonds is 0. The molecule has 0 fully saturated rings. The van der Waals surface area contributed by atoms with E-state index in [1.807, 2.05) is 18.2 Å². The molecule has 2 heteroatoms. The molecule has 0 spiro atoms. The Morgan fingerprint density at radius 3 is 2.47 bits per heavy atom. The molecule has 1 aliphatic carbocycles. The van der Waals surface area contributed by atoms with Crippen LogP contribution in [0.4, 0.5) is 0 Å². The van der Waals surface area contributed by atoms with Crippen molar-refractivity contribution in [1.82, 2.24) is 0 Å². The van der Waals surface area contributed by atoms with Crippen LogP contribution >= 0.6 is 11.6 Å². The lowest BCUT2D eigenvalue weighted by atomic mass is 9.96. The molecule has 1 unspecified atom stereocenters. The van der Waals surface area contributed by atoms with Gasteiger partial charge >= 0.3 is 0 Å². The summed E-state index contributed by atoms with van der Waals surface area (Å²) in [5.41, 5.74) is 11.4. The van der Waals surface area contributed by atoms with Crippen molar-refractivity contribution in [2.75, 3.05) is 0 Å². The van der Waals surface area contributed by atoms with Crippen LogP contribution in [0.3, 0.4) is 0 Å². The maximum absolute atomic E-state index is 6.37. The molecular formula is C15H14ClN. The second-order valence-corrected chi connectivity index (χ2v) is 4.96. The van der Waals surface area contributed by atoms with Gasteiger partial charge in [-0.15, -0.1) is 0 Å². The van der Waals surface area contributed by atoms with Crippen molar-refractivity contribution in [3.63, 3.8) is 0 Å². The Hall–Kier alpha value is -1.31. The fourth-order valence-corrected chi connectivity index (χ4v) is 2.77. The van der Waals surface area contributed by atoms with Crippen molar-refractivity contribution in [1.29, 1.82) is 0 Å². The van der Waals surface area contributed by atoms with Crippen LogP contribution in [0.5, 0.6) is 0 Å². The Balaban J connectivity index is 2.18. The largest absolute Gasteiger partial charge is 0.320 e. The van der Waals surface area contributed by atoms with Gasteiger partial charge in [-0.3, -0.25) is 0 Å². The van der Waals surface area contributed by atoms with Crippen molar-refractivity contribution in [3.8, 4) is 0 Å². The fourth-order valence-electron chi connectivity index (χ4n) is 2.59. The predicted molar refractivity (Wildman–Crippen MR) is 71.3 cm³/mol. The van der Waals surface area contributed by atoms with Gasteiger partial charge < -0.3 is 5.73 Å². The normalized spacial score (nSPS) is 18.1. The summed E-state index contributed by atoms with van der Waals surface area (Å²) in [6.45, 7) is 0. The molecule has 2 aromatic rings. The van der Waals surface area contributed by atoms with Crippen LogP contribution < -0.4 is 5.73 Å². The molecule has 0 heterocycles. The molecule has 2 N–H and O–H groups in total. The molecule has 1 atom stereocenters. The van der Waals surface area contributed by atoms with Crippen LogP contribution in [0.15, 0.2) is 42.5 Å². The molecule has 0 aromatic heterocycles. The van der Waals surface area contributed by atoms with E-state index in [1.165, 1.54) is 22.3 Å². The van der Waals surface area contributed by atoms with Gasteiger partial charge in [0.1, 0.15) is 0 Å². The number of nitrogens with two attached hydrogens (primary N) is 1. The molecular weight excluding hydrogens is 230 g/mol. The van der Waals surface area contributed by atoms with E-state index < -0.39 is 0 Å². The van der Waals surface area contributed by atoms with Gasteiger partial charge in [0.2, 0.25) is 0 Å². The van der Waals surface area contributed by atoms with E-state index >= 15 is 0 Å². The van der Waals surface area contributed by atoms with Gasteiger partial charge in [-0.2, -0.15) is 0 Å². The molecule has 17 heavy (non-hydrogen) atoms. The maximum Gasteiger partial charge on any atom is 0.0557 e. The number of hydrogen-bond acceptors (Lipinski definition) is 1. The van der Waals surface area contributed by atoms with Gasteiger partial charge in [0.05, 0.1) is 6.04 Å². The van der Waals surface area contributed by atoms with Crippen LogP contribution in [0.1, 0.15) is 28.3 Å². The highest BCUT2D eigenvalue weighted by molar-refractivity contribution is 6.30. The van der Waals surface area contributed by atoms with Gasteiger partial charge in [0.15, 0.2) is 0 Å². The van der Waals surface area contributed by atoms with Gasteiger partial charge in [0, 0.05) is 5.02 Å². The van der Waals surface area contributed by atoms with Crippen LogP contribution in [0.2, 0.25) is 5.02 Å². The molecule has 0 radical (unpaired) electrons. The third kappa shape index (κ3) is 1.86. The SMILES string of the molecule is NC1c2ccccc2CCc2ccc(Cl)cc21. The highest BCUT2D eigenvalue weighted by atomic mass is 35.5. The van der Waals surface area contributed by atoms with E-state index in [4.69, 9.17) is 17.3 Å². The zero-order chi connectivity index (χ0) is 11.8. The maximum atomic E-state index is 6.37. The van der Waals surface area contributed by atoms with Crippen molar-refractivity contribution >= 4 is 11.6 Å². The molecule has 2 aromatic carbocycles. The lowest BCUT2D eigenvalue weighted by molar-refractivity contribution is 0.863. The highest BCUT2D eigenvalue weighted by Gasteiger charge is 2.20. The zero-order valence-corrected chi connectivity index (χ0v) is 10.2. The molecule has 0 bridgehead atoms.